The monoisotopic (exact) mass is 472 g/mol. The fraction of sp³-hybridized carbons (Fsp3) is 0.379. The molecule has 4 rings (SSSR count). The number of hydrogen-bond acceptors (Lipinski definition) is 5. The van der Waals surface area contributed by atoms with Crippen LogP contribution in [0.15, 0.2) is 71.0 Å². The van der Waals surface area contributed by atoms with Crippen LogP contribution < -0.4 is 15.5 Å². The molecule has 6 nitrogen and oxygen atoms in total. The van der Waals surface area contributed by atoms with Crippen molar-refractivity contribution in [2.24, 2.45) is 10.9 Å². The van der Waals surface area contributed by atoms with E-state index in [1.54, 1.807) is 6.92 Å². The number of aliphatic carboxylic acids is 1. The van der Waals surface area contributed by atoms with Gasteiger partial charge < -0.3 is 20.6 Å². The van der Waals surface area contributed by atoms with E-state index in [0.717, 1.165) is 18.9 Å². The zero-order valence-electron chi connectivity index (χ0n) is 20.8. The minimum atomic E-state index is -0.990. The fourth-order valence-corrected chi connectivity index (χ4v) is 4.68. The van der Waals surface area contributed by atoms with Crippen molar-refractivity contribution in [3.63, 3.8) is 0 Å². The van der Waals surface area contributed by atoms with Gasteiger partial charge in [0.15, 0.2) is 0 Å². The van der Waals surface area contributed by atoms with Gasteiger partial charge in [0, 0.05) is 42.9 Å². The van der Waals surface area contributed by atoms with Gasteiger partial charge in [0.25, 0.3) is 0 Å². The van der Waals surface area contributed by atoms with Gasteiger partial charge in [-0.3, -0.25) is 4.99 Å². The van der Waals surface area contributed by atoms with Crippen LogP contribution in [0.25, 0.3) is 0 Å². The van der Waals surface area contributed by atoms with Crippen LogP contribution in [0.2, 0.25) is 0 Å². The zero-order valence-corrected chi connectivity index (χ0v) is 20.8. The van der Waals surface area contributed by atoms with E-state index in [1.165, 1.54) is 66.0 Å². The van der Waals surface area contributed by atoms with Crippen molar-refractivity contribution < 1.29 is 9.90 Å². The first-order valence-corrected chi connectivity index (χ1v) is 12.5. The smallest absolute Gasteiger partial charge is 0.337 e. The van der Waals surface area contributed by atoms with E-state index in [2.05, 4.69) is 76.8 Å². The van der Waals surface area contributed by atoms with E-state index >= 15 is 0 Å². The van der Waals surface area contributed by atoms with Crippen molar-refractivity contribution in [3.05, 3.63) is 82.7 Å². The van der Waals surface area contributed by atoms with Crippen LogP contribution in [0.1, 0.15) is 48.9 Å². The molecule has 2 aromatic rings. The minimum Gasteiger partial charge on any atom is -0.478 e. The average Bonchev–Trinajstić information content (AvgIpc) is 3.70. The Morgan fingerprint density at radius 2 is 1.97 bits per heavy atom. The molecule has 0 saturated heterocycles. The van der Waals surface area contributed by atoms with Crippen molar-refractivity contribution >= 4 is 24.1 Å². The largest absolute Gasteiger partial charge is 0.478 e. The molecule has 3 N–H and O–H groups in total. The third-order valence-corrected chi connectivity index (χ3v) is 7.09. The summed E-state index contributed by atoms with van der Waals surface area (Å²) in [6, 6.07) is 15.7. The second-order valence-electron chi connectivity index (χ2n) is 9.57. The lowest BCUT2D eigenvalue weighted by Crippen LogP contribution is -2.36. The van der Waals surface area contributed by atoms with Crippen molar-refractivity contribution in [1.29, 1.82) is 0 Å². The van der Waals surface area contributed by atoms with Gasteiger partial charge in [0.05, 0.1) is 5.57 Å². The highest BCUT2D eigenvalue weighted by Crippen LogP contribution is 2.34. The van der Waals surface area contributed by atoms with Crippen molar-refractivity contribution in [2.45, 2.75) is 45.1 Å². The Balaban J connectivity index is 1.43. The van der Waals surface area contributed by atoms with Crippen LogP contribution in [0.5, 0.6) is 0 Å². The van der Waals surface area contributed by atoms with Gasteiger partial charge in [-0.1, -0.05) is 31.0 Å². The summed E-state index contributed by atoms with van der Waals surface area (Å²) in [7, 11) is 2.12. The number of benzene rings is 2. The molecule has 1 fully saturated rings. The Bertz CT molecular complexity index is 1120. The van der Waals surface area contributed by atoms with Gasteiger partial charge in [-0.05, 0) is 92.4 Å². The standard InChI is InChI=1S/C29H36N4O2/c1-20(26(29(34)35)15-16-30-2)32-19-28-27-13-12-25(18-23(27)14-17-31-28)33(3)24-10-8-22(9-11-24)7-6-21-4-5-21/h8-13,15-16,18,21,28,31-32H,2,4-7,14,17,19H2,1,3H3,(H,34,35)/b16-15-,26-20-/t28-/m1/s1. The normalized spacial score (nSPS) is 18.1. The van der Waals surface area contributed by atoms with E-state index in [9.17, 15) is 9.90 Å². The molecule has 0 unspecified atom stereocenters. The highest BCUT2D eigenvalue weighted by molar-refractivity contribution is 5.90. The molecule has 1 aliphatic heterocycles. The van der Waals surface area contributed by atoms with E-state index in [1.807, 2.05) is 0 Å². The number of hydrogen-bond donors (Lipinski definition) is 3. The predicted molar refractivity (Wildman–Crippen MR) is 143 cm³/mol. The third kappa shape index (κ3) is 6.40. The molecule has 6 heteroatoms. The highest BCUT2D eigenvalue weighted by atomic mass is 16.4. The van der Waals surface area contributed by atoms with E-state index in [-0.39, 0.29) is 11.6 Å². The second kappa shape index (κ2) is 11.4. The molecule has 35 heavy (non-hydrogen) atoms. The van der Waals surface area contributed by atoms with Crippen LogP contribution in [0, 0.1) is 5.92 Å². The zero-order chi connectivity index (χ0) is 24.8. The number of allylic oxidation sites excluding steroid dienone is 1. The van der Waals surface area contributed by atoms with Crippen LogP contribution in [0.3, 0.4) is 0 Å². The summed E-state index contributed by atoms with van der Waals surface area (Å²) in [5.41, 5.74) is 7.16. The van der Waals surface area contributed by atoms with Crippen LogP contribution >= 0.6 is 0 Å². The van der Waals surface area contributed by atoms with E-state index in [4.69, 9.17) is 0 Å². The van der Waals surface area contributed by atoms with Gasteiger partial charge in [0.1, 0.15) is 0 Å². The molecule has 0 bridgehead atoms. The summed E-state index contributed by atoms with van der Waals surface area (Å²) in [5.74, 6) is -0.0255. The van der Waals surface area contributed by atoms with Crippen molar-refractivity contribution in [2.75, 3.05) is 25.0 Å². The quantitative estimate of drug-likeness (QED) is 0.240. The Morgan fingerprint density at radius 3 is 2.66 bits per heavy atom. The Hall–Kier alpha value is -3.38. The Labute approximate surface area is 208 Å². The lowest BCUT2D eigenvalue weighted by molar-refractivity contribution is -0.132. The van der Waals surface area contributed by atoms with Crippen molar-refractivity contribution in [3.8, 4) is 0 Å². The first-order chi connectivity index (χ1) is 17.0. The molecule has 0 amide bonds. The maximum Gasteiger partial charge on any atom is 0.337 e. The molecule has 184 valence electrons. The molecular weight excluding hydrogens is 436 g/mol. The summed E-state index contributed by atoms with van der Waals surface area (Å²) < 4.78 is 0. The first-order valence-electron chi connectivity index (χ1n) is 12.5. The van der Waals surface area contributed by atoms with Gasteiger partial charge in [-0.2, -0.15) is 0 Å². The summed E-state index contributed by atoms with van der Waals surface area (Å²) >= 11 is 0. The SMILES string of the molecule is C=N/C=C\C(C(=O)O)=C(/C)NC[C@H]1NCCc2cc(N(C)c3ccc(CCC4CC4)cc3)ccc21. The van der Waals surface area contributed by atoms with E-state index < -0.39 is 5.97 Å². The topological polar surface area (TPSA) is 77.0 Å². The Morgan fingerprint density at radius 1 is 1.23 bits per heavy atom. The number of rotatable bonds is 11. The summed E-state index contributed by atoms with van der Waals surface area (Å²) in [6.07, 6.45) is 9.15. The fourth-order valence-electron chi connectivity index (χ4n) is 4.68. The van der Waals surface area contributed by atoms with Crippen LogP contribution in [-0.4, -0.2) is 37.9 Å². The minimum absolute atomic E-state index is 0.107. The maximum atomic E-state index is 11.6. The molecule has 1 aliphatic carbocycles. The summed E-state index contributed by atoms with van der Waals surface area (Å²) in [5, 5.41) is 16.3. The number of aliphatic imine (C=N–C) groups is 1. The van der Waals surface area contributed by atoms with E-state index in [0.29, 0.717) is 12.2 Å². The number of nitrogens with one attached hydrogen (secondary N) is 2. The molecule has 0 radical (unpaired) electrons. The summed E-state index contributed by atoms with van der Waals surface area (Å²) in [4.78, 5) is 17.4. The lowest BCUT2D eigenvalue weighted by atomic mass is 9.93. The number of carboxylic acids is 1. The molecule has 1 heterocycles. The summed E-state index contributed by atoms with van der Waals surface area (Å²) in [6.45, 7) is 6.63. The molecule has 2 aromatic carbocycles. The number of nitrogens with zero attached hydrogens (tertiary/aromatic N) is 2. The second-order valence-corrected chi connectivity index (χ2v) is 9.57. The lowest BCUT2D eigenvalue weighted by Gasteiger charge is -2.29. The highest BCUT2D eigenvalue weighted by Gasteiger charge is 2.22. The van der Waals surface area contributed by atoms with Gasteiger partial charge in [-0.15, -0.1) is 0 Å². The number of carbonyl (C=O) groups is 1. The van der Waals surface area contributed by atoms with Gasteiger partial charge in [0.2, 0.25) is 0 Å². The third-order valence-electron chi connectivity index (χ3n) is 7.09. The average molecular weight is 473 g/mol. The molecule has 1 atom stereocenters. The molecular formula is C29H36N4O2. The molecule has 0 aromatic heterocycles. The molecule has 0 spiro atoms. The molecule has 1 saturated carbocycles. The molecule has 2 aliphatic rings. The van der Waals surface area contributed by atoms with Crippen LogP contribution in [-0.2, 0) is 17.6 Å². The number of carboxylic acid groups (broad SMARTS) is 1. The van der Waals surface area contributed by atoms with Gasteiger partial charge >= 0.3 is 5.97 Å². The van der Waals surface area contributed by atoms with Crippen LogP contribution in [0.4, 0.5) is 11.4 Å². The number of fused-ring (bicyclic) bond motifs is 1. The maximum absolute atomic E-state index is 11.6. The Kier molecular flexibility index (Phi) is 8.03. The first kappa shape index (κ1) is 24.7. The predicted octanol–water partition coefficient (Wildman–Crippen LogP) is 5.15. The number of aryl methyl sites for hydroxylation is 1. The van der Waals surface area contributed by atoms with Crippen molar-refractivity contribution in [1.82, 2.24) is 10.6 Å². The number of anilines is 2. The van der Waals surface area contributed by atoms with Gasteiger partial charge in [-0.25, -0.2) is 4.79 Å².